The van der Waals surface area contributed by atoms with E-state index in [0.29, 0.717) is 13.2 Å². The molecule has 0 aliphatic rings. The lowest BCUT2D eigenvalue weighted by Crippen LogP contribution is -2.14. The van der Waals surface area contributed by atoms with E-state index in [1.165, 1.54) is 0 Å². The molecular formula is C13H16BrN3O. The number of benzene rings is 1. The molecule has 0 radical (unpaired) electrons. The van der Waals surface area contributed by atoms with Crippen LogP contribution in [0.1, 0.15) is 11.5 Å². The number of aromatic nitrogens is 2. The molecule has 0 spiro atoms. The molecule has 2 rings (SSSR count). The topological polar surface area (TPSA) is 53.1 Å². The molecule has 0 aliphatic carbocycles. The predicted molar refractivity (Wildman–Crippen MR) is 74.5 cm³/mol. The molecule has 0 bridgehead atoms. The zero-order valence-corrected chi connectivity index (χ0v) is 11.9. The number of rotatable bonds is 5. The van der Waals surface area contributed by atoms with E-state index in [9.17, 15) is 0 Å². The normalized spacial score (nSPS) is 10.6. The minimum absolute atomic E-state index is 0.498. The van der Waals surface area contributed by atoms with Crippen LogP contribution in [-0.2, 0) is 13.1 Å². The number of aryl methyl sites for hydroxylation is 1. The lowest BCUT2D eigenvalue weighted by molar-refractivity contribution is 0.295. The van der Waals surface area contributed by atoms with Gasteiger partial charge in [-0.15, -0.1) is 0 Å². The van der Waals surface area contributed by atoms with Gasteiger partial charge in [0.25, 0.3) is 0 Å². The Labute approximate surface area is 115 Å². The van der Waals surface area contributed by atoms with E-state index in [1.54, 1.807) is 0 Å². The fraction of sp³-hybridized carbons (Fsp3) is 0.308. The maximum atomic E-state index is 5.70. The number of hydrogen-bond acceptors (Lipinski definition) is 3. The van der Waals surface area contributed by atoms with Crippen molar-refractivity contribution in [3.8, 4) is 5.75 Å². The Hall–Kier alpha value is -1.33. The van der Waals surface area contributed by atoms with Crippen molar-refractivity contribution in [1.82, 2.24) is 9.55 Å². The van der Waals surface area contributed by atoms with Crippen molar-refractivity contribution >= 4 is 15.9 Å². The molecule has 1 heterocycles. The van der Waals surface area contributed by atoms with Crippen LogP contribution in [0.5, 0.6) is 5.75 Å². The van der Waals surface area contributed by atoms with Crippen LogP contribution >= 0.6 is 15.9 Å². The molecule has 0 unspecified atom stereocenters. The van der Waals surface area contributed by atoms with Crippen LogP contribution in [0.2, 0.25) is 0 Å². The maximum Gasteiger partial charge on any atom is 0.120 e. The van der Waals surface area contributed by atoms with E-state index in [1.807, 2.05) is 37.4 Å². The predicted octanol–water partition coefficient (Wildman–Crippen LogP) is 2.49. The van der Waals surface area contributed by atoms with Crippen molar-refractivity contribution in [1.29, 1.82) is 0 Å². The highest BCUT2D eigenvalue weighted by atomic mass is 79.9. The molecule has 5 heteroatoms. The SMILES string of the molecule is Cc1ncc(CN)n1CCOc1cccc(Br)c1. The van der Waals surface area contributed by atoms with Crippen molar-refractivity contribution in [2.24, 2.45) is 5.73 Å². The summed E-state index contributed by atoms with van der Waals surface area (Å²) in [6.07, 6.45) is 1.81. The van der Waals surface area contributed by atoms with Crippen molar-refractivity contribution in [2.75, 3.05) is 6.61 Å². The van der Waals surface area contributed by atoms with Gasteiger partial charge in [0.2, 0.25) is 0 Å². The molecule has 0 saturated carbocycles. The van der Waals surface area contributed by atoms with Gasteiger partial charge >= 0.3 is 0 Å². The van der Waals surface area contributed by atoms with E-state index < -0.39 is 0 Å². The third-order valence-corrected chi connectivity index (χ3v) is 3.22. The first-order valence-electron chi connectivity index (χ1n) is 5.80. The lowest BCUT2D eigenvalue weighted by atomic mass is 10.3. The van der Waals surface area contributed by atoms with Crippen molar-refractivity contribution in [2.45, 2.75) is 20.0 Å². The first kappa shape index (κ1) is 13.1. The zero-order valence-electron chi connectivity index (χ0n) is 10.3. The number of imidazole rings is 1. The van der Waals surface area contributed by atoms with Gasteiger partial charge in [-0.2, -0.15) is 0 Å². The minimum atomic E-state index is 0.498. The van der Waals surface area contributed by atoms with Gasteiger partial charge in [0.15, 0.2) is 0 Å². The average molecular weight is 310 g/mol. The maximum absolute atomic E-state index is 5.70. The Kier molecular flexibility index (Phi) is 4.38. The molecular weight excluding hydrogens is 294 g/mol. The molecule has 2 aromatic rings. The molecule has 0 atom stereocenters. The molecule has 18 heavy (non-hydrogen) atoms. The summed E-state index contributed by atoms with van der Waals surface area (Å²) in [6.45, 7) is 3.82. The molecule has 0 aliphatic heterocycles. The fourth-order valence-electron chi connectivity index (χ4n) is 1.80. The van der Waals surface area contributed by atoms with Crippen LogP contribution in [0.25, 0.3) is 0 Å². The molecule has 1 aromatic heterocycles. The van der Waals surface area contributed by atoms with Crippen LogP contribution in [0, 0.1) is 6.92 Å². The number of nitrogens with two attached hydrogens (primary N) is 1. The largest absolute Gasteiger partial charge is 0.492 e. The fourth-order valence-corrected chi connectivity index (χ4v) is 2.17. The Morgan fingerprint density at radius 1 is 1.44 bits per heavy atom. The van der Waals surface area contributed by atoms with Crippen molar-refractivity contribution in [3.05, 3.63) is 46.5 Å². The summed E-state index contributed by atoms with van der Waals surface area (Å²) in [4.78, 5) is 4.25. The quantitative estimate of drug-likeness (QED) is 0.923. The molecule has 4 nitrogen and oxygen atoms in total. The number of ether oxygens (including phenoxy) is 1. The third-order valence-electron chi connectivity index (χ3n) is 2.73. The summed E-state index contributed by atoms with van der Waals surface area (Å²) >= 11 is 3.42. The molecule has 0 saturated heterocycles. The number of halogens is 1. The van der Waals surface area contributed by atoms with Gasteiger partial charge < -0.3 is 15.0 Å². The van der Waals surface area contributed by atoms with E-state index in [2.05, 4.69) is 25.5 Å². The van der Waals surface area contributed by atoms with Gasteiger partial charge in [-0.25, -0.2) is 4.98 Å². The molecule has 0 fully saturated rings. The Bertz CT molecular complexity index is 525. The third kappa shape index (κ3) is 3.11. The highest BCUT2D eigenvalue weighted by Gasteiger charge is 2.04. The smallest absolute Gasteiger partial charge is 0.120 e. The summed E-state index contributed by atoms with van der Waals surface area (Å²) in [5.41, 5.74) is 6.69. The van der Waals surface area contributed by atoms with Crippen molar-refractivity contribution < 1.29 is 4.74 Å². The van der Waals surface area contributed by atoms with Gasteiger partial charge in [-0.1, -0.05) is 22.0 Å². The summed E-state index contributed by atoms with van der Waals surface area (Å²) in [6, 6.07) is 7.81. The Morgan fingerprint density at radius 2 is 2.28 bits per heavy atom. The second-order valence-corrected chi connectivity index (χ2v) is 4.87. The Balaban J connectivity index is 1.94. The van der Waals surface area contributed by atoms with Crippen LogP contribution in [-0.4, -0.2) is 16.2 Å². The van der Waals surface area contributed by atoms with Crippen molar-refractivity contribution in [3.63, 3.8) is 0 Å². The number of nitrogens with zero attached hydrogens (tertiary/aromatic N) is 2. The summed E-state index contributed by atoms with van der Waals surface area (Å²) in [7, 11) is 0. The standard InChI is InChI=1S/C13H16BrN3O/c1-10-16-9-12(8-15)17(10)5-6-18-13-4-2-3-11(14)7-13/h2-4,7,9H,5-6,8,15H2,1H3. The van der Waals surface area contributed by atoms with E-state index in [-0.39, 0.29) is 0 Å². The van der Waals surface area contributed by atoms with Crippen LogP contribution in [0.4, 0.5) is 0 Å². The molecule has 96 valence electrons. The second-order valence-electron chi connectivity index (χ2n) is 3.96. The van der Waals surface area contributed by atoms with Gasteiger partial charge in [0, 0.05) is 17.2 Å². The summed E-state index contributed by atoms with van der Waals surface area (Å²) in [5, 5.41) is 0. The van der Waals surface area contributed by atoms with E-state index >= 15 is 0 Å². The van der Waals surface area contributed by atoms with E-state index in [0.717, 1.165) is 28.3 Å². The van der Waals surface area contributed by atoms with Gasteiger partial charge in [-0.3, -0.25) is 0 Å². The summed E-state index contributed by atoms with van der Waals surface area (Å²) < 4.78 is 8.79. The van der Waals surface area contributed by atoms with E-state index in [4.69, 9.17) is 10.5 Å². The van der Waals surface area contributed by atoms with Gasteiger partial charge in [0.1, 0.15) is 18.2 Å². The molecule has 2 N–H and O–H groups in total. The number of hydrogen-bond donors (Lipinski definition) is 1. The van der Waals surface area contributed by atoms with Gasteiger partial charge in [-0.05, 0) is 25.1 Å². The first-order valence-corrected chi connectivity index (χ1v) is 6.59. The monoisotopic (exact) mass is 309 g/mol. The van der Waals surface area contributed by atoms with Crippen LogP contribution < -0.4 is 10.5 Å². The average Bonchev–Trinajstić information content (AvgIpc) is 2.71. The highest BCUT2D eigenvalue weighted by molar-refractivity contribution is 9.10. The van der Waals surface area contributed by atoms with Crippen LogP contribution in [0.3, 0.4) is 0 Å². The lowest BCUT2D eigenvalue weighted by Gasteiger charge is -2.10. The minimum Gasteiger partial charge on any atom is -0.492 e. The molecule has 0 amide bonds. The van der Waals surface area contributed by atoms with Crippen LogP contribution in [0.15, 0.2) is 34.9 Å². The zero-order chi connectivity index (χ0) is 13.0. The Morgan fingerprint density at radius 3 is 3.00 bits per heavy atom. The van der Waals surface area contributed by atoms with Gasteiger partial charge in [0.05, 0.1) is 12.2 Å². The first-order chi connectivity index (χ1) is 8.70. The molecule has 1 aromatic carbocycles. The highest BCUT2D eigenvalue weighted by Crippen LogP contribution is 2.17. The second kappa shape index (κ2) is 6.02. The summed E-state index contributed by atoms with van der Waals surface area (Å²) in [5.74, 6) is 1.82.